The van der Waals surface area contributed by atoms with Gasteiger partial charge in [-0.15, -0.1) is 0 Å². The second kappa shape index (κ2) is 5.83. The molecule has 0 atom stereocenters. The Bertz CT molecular complexity index is 624. The van der Waals surface area contributed by atoms with Gasteiger partial charge in [-0.05, 0) is 13.0 Å². The van der Waals surface area contributed by atoms with Crippen molar-refractivity contribution in [3.8, 4) is 0 Å². The minimum Gasteiger partial charge on any atom is -0.385 e. The number of hydrogen-bond donors (Lipinski definition) is 2. The largest absolute Gasteiger partial charge is 0.385 e. The molecule has 0 saturated heterocycles. The number of carbonyl (C=O) groups excluding carboxylic acids is 1. The third kappa shape index (κ3) is 2.91. The molecule has 0 aliphatic rings. The van der Waals surface area contributed by atoms with Crippen molar-refractivity contribution >= 4 is 23.1 Å². The van der Waals surface area contributed by atoms with Gasteiger partial charge in [0, 0.05) is 30.4 Å². The highest BCUT2D eigenvalue weighted by Gasteiger charge is 2.17. The van der Waals surface area contributed by atoms with Gasteiger partial charge < -0.3 is 15.2 Å². The lowest BCUT2D eigenvalue weighted by molar-refractivity contribution is -0.384. The van der Waals surface area contributed by atoms with Gasteiger partial charge in [-0.2, -0.15) is 0 Å². The van der Waals surface area contributed by atoms with Crippen molar-refractivity contribution < 1.29 is 14.2 Å². The molecule has 2 rings (SSSR count). The lowest BCUT2D eigenvalue weighted by Gasteiger charge is -2.09. The monoisotopic (exact) mass is 276 g/mol. The summed E-state index contributed by atoms with van der Waals surface area (Å²) in [5.41, 5.74) is 0.528. The van der Waals surface area contributed by atoms with Crippen molar-refractivity contribution in [2.75, 3.05) is 17.2 Å². The van der Waals surface area contributed by atoms with Crippen LogP contribution in [0.25, 0.3) is 0 Å². The highest BCUT2D eigenvalue weighted by Crippen LogP contribution is 2.23. The molecule has 1 aromatic carbocycles. The molecular weight excluding hydrogens is 264 g/mol. The van der Waals surface area contributed by atoms with Crippen molar-refractivity contribution in [2.24, 2.45) is 0 Å². The maximum atomic E-state index is 12.1. The van der Waals surface area contributed by atoms with Crippen LogP contribution in [0.4, 0.5) is 17.2 Å². The summed E-state index contributed by atoms with van der Waals surface area (Å²) in [5, 5.41) is 19.8. The zero-order valence-electron chi connectivity index (χ0n) is 10.6. The third-order valence-electron chi connectivity index (χ3n) is 2.51. The van der Waals surface area contributed by atoms with Crippen LogP contribution in [0, 0.1) is 10.1 Å². The molecule has 8 heteroatoms. The zero-order chi connectivity index (χ0) is 14.5. The number of nitro groups is 1. The molecule has 0 aliphatic carbocycles. The summed E-state index contributed by atoms with van der Waals surface area (Å²) in [6.07, 6.45) is 1.31. The number of hydrogen-bond acceptors (Lipinski definition) is 6. The number of benzene rings is 1. The second-order valence-corrected chi connectivity index (χ2v) is 3.86. The first-order valence-corrected chi connectivity index (χ1v) is 5.86. The van der Waals surface area contributed by atoms with E-state index in [1.807, 2.05) is 6.92 Å². The maximum absolute atomic E-state index is 12.1. The molecule has 0 unspecified atom stereocenters. The van der Waals surface area contributed by atoms with E-state index in [1.54, 1.807) is 0 Å². The van der Waals surface area contributed by atoms with E-state index in [0.29, 0.717) is 12.2 Å². The van der Waals surface area contributed by atoms with E-state index >= 15 is 0 Å². The molecule has 0 radical (unpaired) electrons. The SMILES string of the molecule is CCNc1ccc([N+](=O)[O-])cc1C(=O)Nc1ccon1. The van der Waals surface area contributed by atoms with Gasteiger partial charge in [-0.1, -0.05) is 5.16 Å². The minimum absolute atomic E-state index is 0.156. The first kappa shape index (κ1) is 13.5. The number of amides is 1. The highest BCUT2D eigenvalue weighted by molar-refractivity contribution is 6.08. The van der Waals surface area contributed by atoms with Gasteiger partial charge in [0.2, 0.25) is 0 Å². The van der Waals surface area contributed by atoms with Crippen molar-refractivity contribution in [1.82, 2.24) is 5.16 Å². The Morgan fingerprint density at radius 3 is 2.85 bits per heavy atom. The van der Waals surface area contributed by atoms with Gasteiger partial charge >= 0.3 is 0 Å². The Balaban J connectivity index is 2.33. The predicted molar refractivity (Wildman–Crippen MR) is 71.7 cm³/mol. The van der Waals surface area contributed by atoms with E-state index in [0.717, 1.165) is 0 Å². The number of nitro benzene ring substituents is 1. The molecule has 0 bridgehead atoms. The Labute approximate surface area is 113 Å². The van der Waals surface area contributed by atoms with E-state index in [1.165, 1.54) is 30.5 Å². The molecule has 8 nitrogen and oxygen atoms in total. The Morgan fingerprint density at radius 2 is 2.25 bits per heavy atom. The molecule has 0 saturated carbocycles. The lowest BCUT2D eigenvalue weighted by atomic mass is 10.1. The van der Waals surface area contributed by atoms with Crippen molar-refractivity contribution in [2.45, 2.75) is 6.92 Å². The quantitative estimate of drug-likeness (QED) is 0.640. The van der Waals surface area contributed by atoms with Crippen LogP contribution in [0.2, 0.25) is 0 Å². The van der Waals surface area contributed by atoms with Gasteiger partial charge in [0.15, 0.2) is 5.82 Å². The van der Waals surface area contributed by atoms with Crippen molar-refractivity contribution in [3.63, 3.8) is 0 Å². The Hall–Kier alpha value is -2.90. The van der Waals surface area contributed by atoms with Gasteiger partial charge in [-0.25, -0.2) is 0 Å². The number of rotatable bonds is 5. The fraction of sp³-hybridized carbons (Fsp3) is 0.167. The Kier molecular flexibility index (Phi) is 3.94. The van der Waals surface area contributed by atoms with E-state index in [4.69, 9.17) is 0 Å². The number of anilines is 2. The molecule has 20 heavy (non-hydrogen) atoms. The van der Waals surface area contributed by atoms with Crippen LogP contribution < -0.4 is 10.6 Å². The van der Waals surface area contributed by atoms with Crippen LogP contribution in [0.3, 0.4) is 0 Å². The molecule has 104 valence electrons. The summed E-state index contributed by atoms with van der Waals surface area (Å²) in [6.45, 7) is 2.45. The molecule has 2 aromatic rings. The standard InChI is InChI=1S/C12H12N4O4/c1-2-13-10-4-3-8(16(18)19)7-9(10)12(17)14-11-5-6-20-15-11/h3-7,13H,2H2,1H3,(H,14,15,17). The molecule has 1 aromatic heterocycles. The van der Waals surface area contributed by atoms with Crippen LogP contribution in [0.1, 0.15) is 17.3 Å². The number of aromatic nitrogens is 1. The average molecular weight is 276 g/mol. The van der Waals surface area contributed by atoms with Crippen LogP contribution in [0.5, 0.6) is 0 Å². The molecule has 2 N–H and O–H groups in total. The summed E-state index contributed by atoms with van der Waals surface area (Å²) in [7, 11) is 0. The van der Waals surface area contributed by atoms with E-state index in [9.17, 15) is 14.9 Å². The summed E-state index contributed by atoms with van der Waals surface area (Å²) in [4.78, 5) is 22.4. The van der Waals surface area contributed by atoms with E-state index < -0.39 is 10.8 Å². The number of carbonyl (C=O) groups is 1. The normalized spacial score (nSPS) is 10.1. The van der Waals surface area contributed by atoms with Gasteiger partial charge in [0.1, 0.15) is 6.26 Å². The van der Waals surface area contributed by atoms with Gasteiger partial charge in [0.05, 0.1) is 10.5 Å². The summed E-state index contributed by atoms with van der Waals surface area (Å²) in [6, 6.07) is 5.53. The first-order chi connectivity index (χ1) is 9.61. The number of non-ortho nitro benzene ring substituents is 1. The van der Waals surface area contributed by atoms with Gasteiger partial charge in [-0.3, -0.25) is 14.9 Å². The van der Waals surface area contributed by atoms with Gasteiger partial charge in [0.25, 0.3) is 11.6 Å². The molecule has 1 amide bonds. The lowest BCUT2D eigenvalue weighted by Crippen LogP contribution is -2.15. The smallest absolute Gasteiger partial charge is 0.270 e. The fourth-order valence-corrected chi connectivity index (χ4v) is 1.64. The topological polar surface area (TPSA) is 110 Å². The van der Waals surface area contributed by atoms with Crippen LogP contribution >= 0.6 is 0 Å². The predicted octanol–water partition coefficient (Wildman–Crippen LogP) is 2.27. The fourth-order valence-electron chi connectivity index (χ4n) is 1.64. The number of nitrogens with one attached hydrogen (secondary N) is 2. The van der Waals surface area contributed by atoms with Crippen LogP contribution in [-0.4, -0.2) is 22.5 Å². The average Bonchev–Trinajstić information content (AvgIpc) is 2.92. The minimum atomic E-state index is -0.553. The van der Waals surface area contributed by atoms with Crippen molar-refractivity contribution in [1.29, 1.82) is 0 Å². The molecule has 1 heterocycles. The van der Waals surface area contributed by atoms with E-state index in [2.05, 4.69) is 20.3 Å². The molecule has 0 aliphatic heterocycles. The first-order valence-electron chi connectivity index (χ1n) is 5.86. The zero-order valence-corrected chi connectivity index (χ0v) is 10.6. The highest BCUT2D eigenvalue weighted by atomic mass is 16.6. The Morgan fingerprint density at radius 1 is 1.45 bits per heavy atom. The van der Waals surface area contributed by atoms with Crippen molar-refractivity contribution in [3.05, 3.63) is 46.2 Å². The maximum Gasteiger partial charge on any atom is 0.270 e. The van der Waals surface area contributed by atoms with Crippen LogP contribution in [-0.2, 0) is 0 Å². The second-order valence-electron chi connectivity index (χ2n) is 3.86. The third-order valence-corrected chi connectivity index (χ3v) is 2.51. The number of nitrogens with zero attached hydrogens (tertiary/aromatic N) is 2. The van der Waals surface area contributed by atoms with Crippen LogP contribution in [0.15, 0.2) is 35.1 Å². The molecule has 0 spiro atoms. The summed E-state index contributed by atoms with van der Waals surface area (Å²) < 4.78 is 4.60. The molecule has 0 fully saturated rings. The van der Waals surface area contributed by atoms with E-state index in [-0.39, 0.29) is 17.1 Å². The molecular formula is C12H12N4O4. The summed E-state index contributed by atoms with van der Waals surface area (Å²) in [5.74, 6) is -0.262. The summed E-state index contributed by atoms with van der Waals surface area (Å²) >= 11 is 0.